The summed E-state index contributed by atoms with van der Waals surface area (Å²) >= 11 is 0. The zero-order valence-corrected chi connectivity index (χ0v) is 16.6. The van der Waals surface area contributed by atoms with E-state index in [0.29, 0.717) is 13.1 Å². The molecule has 1 aliphatic heterocycles. The summed E-state index contributed by atoms with van der Waals surface area (Å²) in [4.78, 5) is 19.1. The minimum Gasteiger partial charge on any atom is -0.496 e. The van der Waals surface area contributed by atoms with Crippen LogP contribution in [0.25, 0.3) is 22.3 Å². The smallest absolute Gasteiger partial charge is 0.322 e. The molecule has 3 heterocycles. The first kappa shape index (κ1) is 18.2. The molecule has 0 spiro atoms. The van der Waals surface area contributed by atoms with E-state index in [1.54, 1.807) is 7.11 Å². The Morgan fingerprint density at radius 1 is 1.13 bits per heavy atom. The van der Waals surface area contributed by atoms with Crippen LogP contribution in [0.4, 0.5) is 10.5 Å². The third kappa shape index (κ3) is 3.14. The van der Waals surface area contributed by atoms with Crippen LogP contribution in [0.3, 0.4) is 0 Å². The number of para-hydroxylation sites is 2. The second-order valence-electron chi connectivity index (χ2n) is 7.23. The van der Waals surface area contributed by atoms with Crippen LogP contribution in [0.15, 0.2) is 60.8 Å². The third-order valence-corrected chi connectivity index (χ3v) is 5.45. The summed E-state index contributed by atoms with van der Waals surface area (Å²) in [6, 6.07) is 17.2. The molecule has 150 valence electrons. The topological polar surface area (TPSA) is 83.1 Å². The SMILES string of the molecule is COc1ccccc1-c1n[nH]c2ncc3c(c12)CCN(C(=O)Nc1ccccc1)C3. The lowest BCUT2D eigenvalue weighted by Crippen LogP contribution is -2.39. The predicted molar refractivity (Wildman–Crippen MR) is 115 cm³/mol. The number of urea groups is 1. The fraction of sp³-hybridized carbons (Fsp3) is 0.174. The first-order chi connectivity index (χ1) is 14.7. The lowest BCUT2D eigenvalue weighted by Gasteiger charge is -2.29. The molecule has 0 radical (unpaired) electrons. The number of pyridine rings is 1. The number of carbonyl (C=O) groups is 1. The highest BCUT2D eigenvalue weighted by atomic mass is 16.5. The third-order valence-electron chi connectivity index (χ3n) is 5.45. The molecule has 4 aromatic rings. The number of ether oxygens (including phenoxy) is 1. The van der Waals surface area contributed by atoms with E-state index < -0.39 is 0 Å². The number of benzene rings is 2. The lowest BCUT2D eigenvalue weighted by molar-refractivity contribution is 0.206. The Balaban J connectivity index is 1.48. The number of nitrogens with zero attached hydrogens (tertiary/aromatic N) is 3. The van der Waals surface area contributed by atoms with E-state index >= 15 is 0 Å². The van der Waals surface area contributed by atoms with Gasteiger partial charge >= 0.3 is 6.03 Å². The van der Waals surface area contributed by atoms with Crippen LogP contribution < -0.4 is 10.1 Å². The van der Waals surface area contributed by atoms with E-state index in [4.69, 9.17) is 4.74 Å². The number of aromatic nitrogens is 3. The van der Waals surface area contributed by atoms with Crippen molar-refractivity contribution in [1.29, 1.82) is 0 Å². The summed E-state index contributed by atoms with van der Waals surface area (Å²) in [5, 5.41) is 11.5. The molecular weight excluding hydrogens is 378 g/mol. The Morgan fingerprint density at radius 3 is 2.77 bits per heavy atom. The molecule has 7 heteroatoms. The summed E-state index contributed by atoms with van der Waals surface area (Å²) in [5.74, 6) is 0.767. The van der Waals surface area contributed by atoms with Crippen LogP contribution in [0.2, 0.25) is 0 Å². The lowest BCUT2D eigenvalue weighted by atomic mass is 9.96. The van der Waals surface area contributed by atoms with Gasteiger partial charge in [-0.25, -0.2) is 9.78 Å². The van der Waals surface area contributed by atoms with Gasteiger partial charge in [-0.05, 0) is 41.8 Å². The number of fused-ring (bicyclic) bond motifs is 3. The van der Waals surface area contributed by atoms with Crippen molar-refractivity contribution in [2.24, 2.45) is 0 Å². The molecule has 0 aliphatic carbocycles. The number of anilines is 1. The van der Waals surface area contributed by atoms with E-state index in [0.717, 1.165) is 45.7 Å². The molecule has 0 atom stereocenters. The van der Waals surface area contributed by atoms with Crippen molar-refractivity contribution in [3.63, 3.8) is 0 Å². The number of rotatable bonds is 3. The molecule has 0 saturated carbocycles. The van der Waals surface area contributed by atoms with Gasteiger partial charge in [-0.3, -0.25) is 5.10 Å². The van der Waals surface area contributed by atoms with Crippen molar-refractivity contribution in [2.45, 2.75) is 13.0 Å². The fourth-order valence-electron chi connectivity index (χ4n) is 3.98. The van der Waals surface area contributed by atoms with E-state index in [1.807, 2.05) is 65.7 Å². The number of hydrogen-bond donors (Lipinski definition) is 2. The highest BCUT2D eigenvalue weighted by Gasteiger charge is 2.25. The van der Waals surface area contributed by atoms with E-state index in [2.05, 4.69) is 20.5 Å². The van der Waals surface area contributed by atoms with Crippen LogP contribution in [0.1, 0.15) is 11.1 Å². The van der Waals surface area contributed by atoms with Gasteiger partial charge in [0.2, 0.25) is 0 Å². The van der Waals surface area contributed by atoms with Crippen molar-refractivity contribution in [3.8, 4) is 17.0 Å². The molecular formula is C23H21N5O2. The largest absolute Gasteiger partial charge is 0.496 e. The summed E-state index contributed by atoms with van der Waals surface area (Å²) in [7, 11) is 1.66. The average Bonchev–Trinajstić information content (AvgIpc) is 3.23. The molecule has 2 N–H and O–H groups in total. The second kappa shape index (κ2) is 7.51. The van der Waals surface area contributed by atoms with E-state index in [9.17, 15) is 4.79 Å². The van der Waals surface area contributed by atoms with Gasteiger partial charge < -0.3 is 15.0 Å². The molecule has 2 aromatic carbocycles. The number of aromatic amines is 1. The molecule has 7 nitrogen and oxygen atoms in total. The average molecular weight is 399 g/mol. The minimum atomic E-state index is -0.107. The quantitative estimate of drug-likeness (QED) is 0.540. The molecule has 30 heavy (non-hydrogen) atoms. The summed E-state index contributed by atoms with van der Waals surface area (Å²) in [6.07, 6.45) is 2.57. The second-order valence-corrected chi connectivity index (χ2v) is 7.23. The minimum absolute atomic E-state index is 0.107. The first-order valence-electron chi connectivity index (χ1n) is 9.84. The van der Waals surface area contributed by atoms with Gasteiger partial charge in [0.25, 0.3) is 0 Å². The zero-order chi connectivity index (χ0) is 20.5. The van der Waals surface area contributed by atoms with Gasteiger partial charge in [0, 0.05) is 30.5 Å². The van der Waals surface area contributed by atoms with Gasteiger partial charge in [-0.15, -0.1) is 0 Å². The Bertz CT molecular complexity index is 1220. The predicted octanol–water partition coefficient (Wildman–Crippen LogP) is 4.22. The van der Waals surface area contributed by atoms with Crippen molar-refractivity contribution in [2.75, 3.05) is 19.0 Å². The first-order valence-corrected chi connectivity index (χ1v) is 9.84. The number of hydrogen-bond acceptors (Lipinski definition) is 4. The normalized spacial score (nSPS) is 13.2. The van der Waals surface area contributed by atoms with Crippen LogP contribution in [0.5, 0.6) is 5.75 Å². The number of H-pyrrole nitrogens is 1. The Morgan fingerprint density at radius 2 is 1.93 bits per heavy atom. The Hall–Kier alpha value is -3.87. The number of methoxy groups -OCH3 is 1. The highest BCUT2D eigenvalue weighted by Crippen LogP contribution is 2.36. The van der Waals surface area contributed by atoms with E-state index in [1.165, 1.54) is 5.56 Å². The van der Waals surface area contributed by atoms with Gasteiger partial charge in [0.05, 0.1) is 12.5 Å². The molecule has 0 bridgehead atoms. The van der Waals surface area contributed by atoms with Crippen molar-refractivity contribution >= 4 is 22.8 Å². The Labute approximate surface area is 173 Å². The molecule has 2 aromatic heterocycles. The van der Waals surface area contributed by atoms with Crippen molar-refractivity contribution < 1.29 is 9.53 Å². The number of carbonyl (C=O) groups excluding carboxylic acids is 1. The van der Waals surface area contributed by atoms with Crippen molar-refractivity contribution in [1.82, 2.24) is 20.1 Å². The maximum absolute atomic E-state index is 12.7. The molecule has 1 aliphatic rings. The summed E-state index contributed by atoms with van der Waals surface area (Å²) in [5.41, 5.74) is 5.50. The van der Waals surface area contributed by atoms with Crippen LogP contribution in [0, 0.1) is 0 Å². The maximum Gasteiger partial charge on any atom is 0.322 e. The van der Waals surface area contributed by atoms with Gasteiger partial charge in [-0.2, -0.15) is 5.10 Å². The molecule has 0 saturated heterocycles. The van der Waals surface area contributed by atoms with E-state index in [-0.39, 0.29) is 6.03 Å². The Kier molecular flexibility index (Phi) is 4.55. The van der Waals surface area contributed by atoms with Crippen molar-refractivity contribution in [3.05, 3.63) is 71.9 Å². The fourth-order valence-corrected chi connectivity index (χ4v) is 3.98. The zero-order valence-electron chi connectivity index (χ0n) is 16.6. The standard InChI is InChI=1S/C23H21N5O2/c1-30-19-10-6-5-9-18(19)21-20-17-11-12-28(14-15(17)13-24-22(20)27-26-21)23(29)25-16-7-3-2-4-8-16/h2-10,13H,11-12,14H2,1H3,(H,25,29)(H,24,26,27). The highest BCUT2D eigenvalue weighted by molar-refractivity contribution is 5.96. The number of nitrogens with one attached hydrogen (secondary N) is 2. The monoisotopic (exact) mass is 399 g/mol. The maximum atomic E-state index is 12.7. The van der Waals surface area contributed by atoms with Crippen LogP contribution >= 0.6 is 0 Å². The molecule has 0 unspecified atom stereocenters. The molecule has 5 rings (SSSR count). The van der Waals surface area contributed by atoms with Gasteiger partial charge in [0.15, 0.2) is 5.65 Å². The summed E-state index contributed by atoms with van der Waals surface area (Å²) in [6.45, 7) is 1.13. The van der Waals surface area contributed by atoms with Gasteiger partial charge in [-0.1, -0.05) is 30.3 Å². The van der Waals surface area contributed by atoms with Gasteiger partial charge in [0.1, 0.15) is 11.4 Å². The number of amides is 2. The van der Waals surface area contributed by atoms with Crippen LogP contribution in [-0.4, -0.2) is 39.8 Å². The summed E-state index contributed by atoms with van der Waals surface area (Å²) < 4.78 is 5.53. The molecule has 2 amide bonds. The van der Waals surface area contributed by atoms with Crippen LogP contribution in [-0.2, 0) is 13.0 Å². The molecule has 0 fully saturated rings.